The molecule has 21 heavy (non-hydrogen) atoms. The molecule has 0 saturated heterocycles. The molecule has 5 heteroatoms. The van der Waals surface area contributed by atoms with Crippen LogP contribution in [0.3, 0.4) is 0 Å². The van der Waals surface area contributed by atoms with Gasteiger partial charge in [-0.25, -0.2) is 4.39 Å². The molecular formula is C16H21ClFN3. The van der Waals surface area contributed by atoms with Crippen LogP contribution >= 0.6 is 11.6 Å². The Bertz CT molecular complexity index is 595. The van der Waals surface area contributed by atoms with Crippen molar-refractivity contribution >= 4 is 11.6 Å². The molecule has 1 unspecified atom stereocenters. The Labute approximate surface area is 130 Å². The molecule has 3 nitrogen and oxygen atoms in total. The minimum absolute atomic E-state index is 0.0253. The van der Waals surface area contributed by atoms with Gasteiger partial charge >= 0.3 is 0 Å². The molecule has 0 saturated carbocycles. The van der Waals surface area contributed by atoms with E-state index in [1.807, 2.05) is 29.9 Å². The van der Waals surface area contributed by atoms with Crippen LogP contribution in [0.4, 0.5) is 4.39 Å². The van der Waals surface area contributed by atoms with Crippen molar-refractivity contribution in [2.45, 2.75) is 39.3 Å². The summed E-state index contributed by atoms with van der Waals surface area (Å²) in [6, 6.07) is 7.33. The summed E-state index contributed by atoms with van der Waals surface area (Å²) in [4.78, 5) is 0. The highest BCUT2D eigenvalue weighted by Crippen LogP contribution is 2.23. The molecule has 0 aliphatic rings. The average molecular weight is 310 g/mol. The van der Waals surface area contributed by atoms with Crippen LogP contribution in [0.5, 0.6) is 0 Å². The van der Waals surface area contributed by atoms with Gasteiger partial charge in [0.1, 0.15) is 5.82 Å². The van der Waals surface area contributed by atoms with Crippen LogP contribution in [0.2, 0.25) is 5.02 Å². The van der Waals surface area contributed by atoms with Crippen LogP contribution in [-0.4, -0.2) is 16.3 Å². The Morgan fingerprint density at radius 2 is 2.10 bits per heavy atom. The first-order valence-electron chi connectivity index (χ1n) is 7.23. The summed E-state index contributed by atoms with van der Waals surface area (Å²) in [6.45, 7) is 7.02. The van der Waals surface area contributed by atoms with Gasteiger partial charge in [-0.2, -0.15) is 5.10 Å². The second-order valence-corrected chi connectivity index (χ2v) is 5.78. The van der Waals surface area contributed by atoms with E-state index in [2.05, 4.69) is 24.3 Å². The molecule has 1 aromatic heterocycles. The minimum atomic E-state index is -0.384. The summed E-state index contributed by atoms with van der Waals surface area (Å²) in [5.41, 5.74) is 1.88. The molecule has 1 atom stereocenters. The summed E-state index contributed by atoms with van der Waals surface area (Å²) in [7, 11) is 0. The highest BCUT2D eigenvalue weighted by molar-refractivity contribution is 6.30. The van der Waals surface area contributed by atoms with Crippen molar-refractivity contribution in [3.05, 3.63) is 52.6 Å². The molecule has 0 radical (unpaired) electrons. The Hall–Kier alpha value is -1.39. The van der Waals surface area contributed by atoms with Gasteiger partial charge in [0.25, 0.3) is 0 Å². The number of rotatable bonds is 6. The van der Waals surface area contributed by atoms with E-state index in [4.69, 9.17) is 11.6 Å². The van der Waals surface area contributed by atoms with E-state index in [-0.39, 0.29) is 16.9 Å². The number of nitrogens with zero attached hydrogens (tertiary/aromatic N) is 2. The molecule has 114 valence electrons. The summed E-state index contributed by atoms with van der Waals surface area (Å²) < 4.78 is 15.6. The van der Waals surface area contributed by atoms with E-state index >= 15 is 0 Å². The SMILES string of the molecule is CCNC(Cc1ccn(C(C)C)n1)c1ccc(Cl)c(F)c1. The van der Waals surface area contributed by atoms with Crippen molar-refractivity contribution in [1.82, 2.24) is 15.1 Å². The minimum Gasteiger partial charge on any atom is -0.310 e. The van der Waals surface area contributed by atoms with Gasteiger partial charge in [0, 0.05) is 24.7 Å². The number of hydrogen-bond donors (Lipinski definition) is 1. The van der Waals surface area contributed by atoms with Crippen LogP contribution in [0.1, 0.15) is 44.1 Å². The fraction of sp³-hybridized carbons (Fsp3) is 0.438. The van der Waals surface area contributed by atoms with Crippen molar-refractivity contribution in [2.24, 2.45) is 0 Å². The van der Waals surface area contributed by atoms with E-state index in [0.717, 1.165) is 17.8 Å². The molecule has 1 heterocycles. The molecule has 0 aliphatic carbocycles. The zero-order valence-electron chi connectivity index (χ0n) is 12.6. The molecular weight excluding hydrogens is 289 g/mol. The van der Waals surface area contributed by atoms with Crippen LogP contribution < -0.4 is 5.32 Å². The highest BCUT2D eigenvalue weighted by atomic mass is 35.5. The van der Waals surface area contributed by atoms with Gasteiger partial charge in [-0.1, -0.05) is 24.6 Å². The van der Waals surface area contributed by atoms with Gasteiger partial charge < -0.3 is 5.32 Å². The monoisotopic (exact) mass is 309 g/mol. The van der Waals surface area contributed by atoms with Crippen LogP contribution in [0.25, 0.3) is 0 Å². The van der Waals surface area contributed by atoms with Crippen LogP contribution in [0, 0.1) is 5.82 Å². The van der Waals surface area contributed by atoms with Crippen LogP contribution in [-0.2, 0) is 6.42 Å². The lowest BCUT2D eigenvalue weighted by Crippen LogP contribution is -2.23. The Morgan fingerprint density at radius 1 is 1.33 bits per heavy atom. The predicted octanol–water partition coefficient (Wildman–Crippen LogP) is 4.15. The largest absolute Gasteiger partial charge is 0.310 e. The maximum atomic E-state index is 13.6. The number of nitrogens with one attached hydrogen (secondary N) is 1. The fourth-order valence-electron chi connectivity index (χ4n) is 2.27. The van der Waals surface area contributed by atoms with Crippen molar-refractivity contribution in [2.75, 3.05) is 6.54 Å². The predicted molar refractivity (Wildman–Crippen MR) is 84.1 cm³/mol. The molecule has 2 aromatic rings. The first-order chi connectivity index (χ1) is 10.0. The third-order valence-electron chi connectivity index (χ3n) is 3.40. The van der Waals surface area contributed by atoms with E-state index in [9.17, 15) is 4.39 Å². The number of aromatic nitrogens is 2. The second-order valence-electron chi connectivity index (χ2n) is 5.37. The molecule has 0 bridgehead atoms. The average Bonchev–Trinajstić information content (AvgIpc) is 2.90. The summed E-state index contributed by atoms with van der Waals surface area (Å²) in [5, 5.41) is 8.08. The molecule has 0 spiro atoms. The first-order valence-corrected chi connectivity index (χ1v) is 7.61. The Kier molecular flexibility index (Phi) is 5.37. The quantitative estimate of drug-likeness (QED) is 0.868. The lowest BCUT2D eigenvalue weighted by atomic mass is 10.0. The number of hydrogen-bond acceptors (Lipinski definition) is 2. The van der Waals surface area contributed by atoms with Crippen LogP contribution in [0.15, 0.2) is 30.5 Å². The molecule has 0 fully saturated rings. The van der Waals surface area contributed by atoms with Crippen molar-refractivity contribution < 1.29 is 4.39 Å². The van der Waals surface area contributed by atoms with Crippen molar-refractivity contribution in [3.8, 4) is 0 Å². The maximum absolute atomic E-state index is 13.6. The van der Waals surface area contributed by atoms with Gasteiger partial charge in [-0.05, 0) is 44.2 Å². The number of benzene rings is 1. The molecule has 2 rings (SSSR count). The zero-order chi connectivity index (χ0) is 15.4. The molecule has 0 aliphatic heterocycles. The lowest BCUT2D eigenvalue weighted by Gasteiger charge is -2.17. The number of likely N-dealkylation sites (N-methyl/N-ethyl adjacent to an activating group) is 1. The molecule has 1 N–H and O–H groups in total. The standard InChI is InChI=1S/C16H21ClFN3/c1-4-19-16(12-5-6-14(17)15(18)9-12)10-13-7-8-21(20-13)11(2)3/h5-9,11,16,19H,4,10H2,1-3H3. The summed E-state index contributed by atoms with van der Waals surface area (Å²) in [6.07, 6.45) is 2.69. The first kappa shape index (κ1) is 16.0. The molecule has 1 aromatic carbocycles. The molecule has 0 amide bonds. The smallest absolute Gasteiger partial charge is 0.142 e. The number of halogens is 2. The van der Waals surface area contributed by atoms with Gasteiger partial charge in [-0.15, -0.1) is 0 Å². The fourth-order valence-corrected chi connectivity index (χ4v) is 2.38. The van der Waals surface area contributed by atoms with E-state index < -0.39 is 0 Å². The van der Waals surface area contributed by atoms with E-state index in [1.54, 1.807) is 6.07 Å². The summed E-state index contributed by atoms with van der Waals surface area (Å²) >= 11 is 5.75. The highest BCUT2D eigenvalue weighted by Gasteiger charge is 2.15. The maximum Gasteiger partial charge on any atom is 0.142 e. The van der Waals surface area contributed by atoms with E-state index in [1.165, 1.54) is 6.07 Å². The normalized spacial score (nSPS) is 12.9. The third kappa shape index (κ3) is 4.05. The summed E-state index contributed by atoms with van der Waals surface area (Å²) in [5.74, 6) is -0.384. The van der Waals surface area contributed by atoms with Crippen molar-refractivity contribution in [3.63, 3.8) is 0 Å². The Morgan fingerprint density at radius 3 is 2.67 bits per heavy atom. The van der Waals surface area contributed by atoms with E-state index in [0.29, 0.717) is 12.5 Å². The van der Waals surface area contributed by atoms with Gasteiger partial charge in [0.15, 0.2) is 0 Å². The topological polar surface area (TPSA) is 29.9 Å². The van der Waals surface area contributed by atoms with Crippen molar-refractivity contribution in [1.29, 1.82) is 0 Å². The van der Waals surface area contributed by atoms with Gasteiger partial charge in [0.2, 0.25) is 0 Å². The van der Waals surface area contributed by atoms with Gasteiger partial charge in [-0.3, -0.25) is 4.68 Å². The second kappa shape index (κ2) is 7.05. The Balaban J connectivity index is 2.19. The lowest BCUT2D eigenvalue weighted by molar-refractivity contribution is 0.505. The van der Waals surface area contributed by atoms with Gasteiger partial charge in [0.05, 0.1) is 10.7 Å². The zero-order valence-corrected chi connectivity index (χ0v) is 13.4. The third-order valence-corrected chi connectivity index (χ3v) is 3.71.